The average molecular weight is 220 g/mol. The highest BCUT2D eigenvalue weighted by Gasteiger charge is 2.13. The van der Waals surface area contributed by atoms with E-state index in [-0.39, 0.29) is 5.57 Å². The van der Waals surface area contributed by atoms with Crippen LogP contribution in [0.4, 0.5) is 0 Å². The minimum absolute atomic E-state index is 0.0785. The SMILES string of the molecule is C=C(C(=O)O)c1ccc(CC(C)(C)O)cc1. The first-order chi connectivity index (χ1) is 7.29. The van der Waals surface area contributed by atoms with Crippen molar-refractivity contribution in [2.45, 2.75) is 25.9 Å². The van der Waals surface area contributed by atoms with Crippen LogP contribution in [0.5, 0.6) is 0 Å². The van der Waals surface area contributed by atoms with E-state index < -0.39 is 11.6 Å². The first-order valence-corrected chi connectivity index (χ1v) is 5.03. The van der Waals surface area contributed by atoms with E-state index >= 15 is 0 Å². The molecule has 0 heterocycles. The fourth-order valence-electron chi connectivity index (χ4n) is 1.45. The normalized spacial score (nSPS) is 11.2. The number of rotatable bonds is 4. The van der Waals surface area contributed by atoms with Crippen LogP contribution in [0.25, 0.3) is 5.57 Å². The lowest BCUT2D eigenvalue weighted by Gasteiger charge is -2.17. The Morgan fingerprint density at radius 3 is 2.19 bits per heavy atom. The molecule has 0 unspecified atom stereocenters. The average Bonchev–Trinajstić information content (AvgIpc) is 2.15. The lowest BCUT2D eigenvalue weighted by atomic mass is 9.97. The van der Waals surface area contributed by atoms with Gasteiger partial charge in [0.2, 0.25) is 0 Å². The Kier molecular flexibility index (Phi) is 3.50. The smallest absolute Gasteiger partial charge is 0.335 e. The van der Waals surface area contributed by atoms with Crippen LogP contribution in [-0.2, 0) is 11.2 Å². The van der Waals surface area contributed by atoms with E-state index in [0.717, 1.165) is 5.56 Å². The lowest BCUT2D eigenvalue weighted by Crippen LogP contribution is -2.21. The summed E-state index contributed by atoms with van der Waals surface area (Å²) in [6.07, 6.45) is 0.535. The molecule has 0 saturated carbocycles. The second-order valence-electron chi connectivity index (χ2n) is 4.47. The summed E-state index contributed by atoms with van der Waals surface area (Å²) in [4.78, 5) is 10.7. The van der Waals surface area contributed by atoms with E-state index in [0.29, 0.717) is 12.0 Å². The minimum atomic E-state index is -1.02. The molecule has 2 N–H and O–H groups in total. The molecule has 1 aromatic carbocycles. The summed E-state index contributed by atoms with van der Waals surface area (Å²) in [6.45, 7) is 6.95. The standard InChI is InChI=1S/C13H16O3/c1-9(12(14)15)11-6-4-10(5-7-11)8-13(2,3)16/h4-7,16H,1,8H2,2-3H3,(H,14,15). The first kappa shape index (κ1) is 12.5. The molecule has 1 aromatic rings. The predicted octanol–water partition coefficient (Wildman–Crippen LogP) is 2.10. The van der Waals surface area contributed by atoms with Gasteiger partial charge in [-0.15, -0.1) is 0 Å². The van der Waals surface area contributed by atoms with Crippen LogP contribution in [0.1, 0.15) is 25.0 Å². The summed E-state index contributed by atoms with van der Waals surface area (Å²) < 4.78 is 0. The van der Waals surface area contributed by atoms with Gasteiger partial charge in [0.05, 0.1) is 11.2 Å². The summed E-state index contributed by atoms with van der Waals surface area (Å²) in [5, 5.41) is 18.4. The molecule has 0 aromatic heterocycles. The monoisotopic (exact) mass is 220 g/mol. The molecule has 1 rings (SSSR count). The van der Waals surface area contributed by atoms with Crippen molar-refractivity contribution in [1.29, 1.82) is 0 Å². The van der Waals surface area contributed by atoms with Crippen molar-refractivity contribution in [3.05, 3.63) is 42.0 Å². The van der Waals surface area contributed by atoms with Gasteiger partial charge in [-0.05, 0) is 25.0 Å². The molecule has 3 nitrogen and oxygen atoms in total. The Hall–Kier alpha value is -1.61. The zero-order valence-corrected chi connectivity index (χ0v) is 9.53. The van der Waals surface area contributed by atoms with Crippen LogP contribution in [0.2, 0.25) is 0 Å². The quantitative estimate of drug-likeness (QED) is 0.764. The van der Waals surface area contributed by atoms with Crippen LogP contribution in [0, 0.1) is 0 Å². The van der Waals surface area contributed by atoms with Crippen molar-refractivity contribution in [2.75, 3.05) is 0 Å². The molecule has 0 amide bonds. The number of hydrogen-bond donors (Lipinski definition) is 2. The number of aliphatic hydroxyl groups is 1. The van der Waals surface area contributed by atoms with Gasteiger partial charge in [0.1, 0.15) is 0 Å². The maximum Gasteiger partial charge on any atom is 0.335 e. The number of carbonyl (C=O) groups is 1. The van der Waals surface area contributed by atoms with Gasteiger partial charge in [0.15, 0.2) is 0 Å². The molecular formula is C13H16O3. The highest BCUT2D eigenvalue weighted by Crippen LogP contribution is 2.17. The van der Waals surface area contributed by atoms with Crippen molar-refractivity contribution < 1.29 is 15.0 Å². The summed E-state index contributed by atoms with van der Waals surface area (Å²) in [5.74, 6) is -1.02. The summed E-state index contributed by atoms with van der Waals surface area (Å²) in [7, 11) is 0. The lowest BCUT2D eigenvalue weighted by molar-refractivity contribution is -0.130. The Balaban J connectivity index is 2.84. The molecule has 0 spiro atoms. The van der Waals surface area contributed by atoms with E-state index in [2.05, 4.69) is 6.58 Å². The molecule has 0 saturated heterocycles. The van der Waals surface area contributed by atoms with Crippen molar-refractivity contribution in [3.63, 3.8) is 0 Å². The van der Waals surface area contributed by atoms with Crippen LogP contribution in [0.3, 0.4) is 0 Å². The summed E-state index contributed by atoms with van der Waals surface area (Å²) >= 11 is 0. The minimum Gasteiger partial charge on any atom is -0.478 e. The number of carboxylic acid groups (broad SMARTS) is 1. The molecule has 0 aliphatic rings. The molecule has 0 radical (unpaired) electrons. The number of hydrogen-bond acceptors (Lipinski definition) is 2. The molecule has 16 heavy (non-hydrogen) atoms. The third-order valence-electron chi connectivity index (χ3n) is 2.20. The zero-order valence-electron chi connectivity index (χ0n) is 9.53. The highest BCUT2D eigenvalue weighted by atomic mass is 16.4. The Bertz CT molecular complexity index is 396. The Morgan fingerprint density at radius 2 is 1.81 bits per heavy atom. The molecule has 0 bridgehead atoms. The number of carboxylic acids is 1. The Morgan fingerprint density at radius 1 is 1.31 bits per heavy atom. The fraction of sp³-hybridized carbons (Fsp3) is 0.308. The number of benzene rings is 1. The van der Waals surface area contributed by atoms with Gasteiger partial charge < -0.3 is 10.2 Å². The van der Waals surface area contributed by atoms with Gasteiger partial charge in [0, 0.05) is 6.42 Å². The van der Waals surface area contributed by atoms with Gasteiger partial charge in [-0.3, -0.25) is 0 Å². The Labute approximate surface area is 95.0 Å². The van der Waals surface area contributed by atoms with E-state index in [1.165, 1.54) is 0 Å². The van der Waals surface area contributed by atoms with Gasteiger partial charge in [-0.1, -0.05) is 30.8 Å². The van der Waals surface area contributed by atoms with E-state index in [4.69, 9.17) is 5.11 Å². The molecule has 86 valence electrons. The molecular weight excluding hydrogens is 204 g/mol. The van der Waals surface area contributed by atoms with Crippen molar-refractivity contribution in [1.82, 2.24) is 0 Å². The highest BCUT2D eigenvalue weighted by molar-refractivity contribution is 6.14. The summed E-state index contributed by atoms with van der Waals surface area (Å²) in [6, 6.07) is 7.03. The largest absolute Gasteiger partial charge is 0.478 e. The van der Waals surface area contributed by atoms with Crippen molar-refractivity contribution in [3.8, 4) is 0 Å². The van der Waals surface area contributed by atoms with Gasteiger partial charge in [-0.25, -0.2) is 4.79 Å². The van der Waals surface area contributed by atoms with Gasteiger partial charge >= 0.3 is 5.97 Å². The molecule has 0 atom stereocenters. The van der Waals surface area contributed by atoms with Gasteiger partial charge in [0.25, 0.3) is 0 Å². The summed E-state index contributed by atoms with van der Waals surface area (Å²) in [5.41, 5.74) is 0.877. The van der Waals surface area contributed by atoms with Gasteiger partial charge in [-0.2, -0.15) is 0 Å². The number of aliphatic carboxylic acids is 1. The van der Waals surface area contributed by atoms with Crippen LogP contribution in [-0.4, -0.2) is 21.8 Å². The fourth-order valence-corrected chi connectivity index (χ4v) is 1.45. The molecule has 0 aliphatic heterocycles. The first-order valence-electron chi connectivity index (χ1n) is 5.03. The van der Waals surface area contributed by atoms with Crippen LogP contribution >= 0.6 is 0 Å². The van der Waals surface area contributed by atoms with Crippen molar-refractivity contribution in [2.24, 2.45) is 0 Å². The van der Waals surface area contributed by atoms with E-state index in [9.17, 15) is 9.90 Å². The van der Waals surface area contributed by atoms with Crippen LogP contribution in [0.15, 0.2) is 30.8 Å². The zero-order chi connectivity index (χ0) is 12.3. The van der Waals surface area contributed by atoms with E-state index in [1.54, 1.807) is 38.1 Å². The predicted molar refractivity (Wildman–Crippen MR) is 63.1 cm³/mol. The maximum atomic E-state index is 10.7. The molecule has 0 aliphatic carbocycles. The third kappa shape index (κ3) is 3.51. The molecule has 3 heteroatoms. The maximum absolute atomic E-state index is 10.7. The van der Waals surface area contributed by atoms with E-state index in [1.807, 2.05) is 0 Å². The topological polar surface area (TPSA) is 57.5 Å². The van der Waals surface area contributed by atoms with Crippen molar-refractivity contribution >= 4 is 11.5 Å². The second kappa shape index (κ2) is 4.49. The second-order valence-corrected chi connectivity index (χ2v) is 4.47. The molecule has 0 fully saturated rings. The third-order valence-corrected chi connectivity index (χ3v) is 2.20. The van der Waals surface area contributed by atoms with Crippen LogP contribution < -0.4 is 0 Å².